The van der Waals surface area contributed by atoms with Crippen molar-refractivity contribution < 1.29 is 14.0 Å². The zero-order valence-corrected chi connectivity index (χ0v) is 18.1. The number of benzene rings is 1. The van der Waals surface area contributed by atoms with Crippen LogP contribution in [0, 0.1) is 0 Å². The van der Waals surface area contributed by atoms with E-state index in [4.69, 9.17) is 4.42 Å². The smallest absolute Gasteiger partial charge is 0.287 e. The Morgan fingerprint density at radius 2 is 1.70 bits per heavy atom. The van der Waals surface area contributed by atoms with Crippen LogP contribution >= 0.6 is 12.4 Å². The number of hydrogen-bond donors (Lipinski definition) is 3. The number of furan rings is 1. The Kier molecular flexibility index (Phi) is 10.5. The van der Waals surface area contributed by atoms with E-state index in [0.29, 0.717) is 19.0 Å². The van der Waals surface area contributed by atoms with Crippen molar-refractivity contribution >= 4 is 24.2 Å². The number of carbonyl (C=O) groups excluding carboxylic acids is 2. The Morgan fingerprint density at radius 3 is 2.37 bits per heavy atom. The Balaban J connectivity index is 0.00000320. The molecule has 1 heterocycles. The minimum Gasteiger partial charge on any atom is -0.459 e. The lowest BCUT2D eigenvalue weighted by molar-refractivity contribution is -0.122. The highest BCUT2D eigenvalue weighted by Gasteiger charge is 2.23. The van der Waals surface area contributed by atoms with Gasteiger partial charge in [-0.3, -0.25) is 9.59 Å². The van der Waals surface area contributed by atoms with Crippen molar-refractivity contribution in [2.75, 3.05) is 13.1 Å². The van der Waals surface area contributed by atoms with Gasteiger partial charge in [-0.15, -0.1) is 12.4 Å². The molecule has 30 heavy (non-hydrogen) atoms. The van der Waals surface area contributed by atoms with Crippen LogP contribution in [0.3, 0.4) is 0 Å². The third kappa shape index (κ3) is 7.84. The molecule has 0 aliphatic heterocycles. The topological polar surface area (TPSA) is 83.4 Å². The van der Waals surface area contributed by atoms with E-state index in [1.165, 1.54) is 44.8 Å². The molecule has 6 nitrogen and oxygen atoms in total. The quantitative estimate of drug-likeness (QED) is 0.417. The van der Waals surface area contributed by atoms with Gasteiger partial charge >= 0.3 is 0 Å². The van der Waals surface area contributed by atoms with E-state index in [1.807, 2.05) is 30.3 Å². The summed E-state index contributed by atoms with van der Waals surface area (Å²) >= 11 is 0. The fourth-order valence-electron chi connectivity index (χ4n) is 3.76. The third-order valence-electron chi connectivity index (χ3n) is 5.36. The second kappa shape index (κ2) is 13.1. The first-order chi connectivity index (χ1) is 14.2. The highest BCUT2D eigenvalue weighted by Crippen LogP contribution is 2.16. The van der Waals surface area contributed by atoms with Crippen LogP contribution in [0.2, 0.25) is 0 Å². The van der Waals surface area contributed by atoms with Crippen LogP contribution < -0.4 is 16.0 Å². The average Bonchev–Trinajstić information content (AvgIpc) is 3.16. The van der Waals surface area contributed by atoms with Gasteiger partial charge < -0.3 is 20.4 Å². The van der Waals surface area contributed by atoms with Crippen LogP contribution in [0.25, 0.3) is 0 Å². The van der Waals surface area contributed by atoms with E-state index in [1.54, 1.807) is 12.1 Å². The van der Waals surface area contributed by atoms with Crippen molar-refractivity contribution in [3.8, 4) is 0 Å². The van der Waals surface area contributed by atoms with E-state index in [9.17, 15) is 9.59 Å². The van der Waals surface area contributed by atoms with Gasteiger partial charge in [0.05, 0.1) is 6.26 Å². The minimum atomic E-state index is -0.659. The van der Waals surface area contributed by atoms with E-state index in [2.05, 4.69) is 16.0 Å². The number of hydrogen-bond acceptors (Lipinski definition) is 4. The zero-order chi connectivity index (χ0) is 20.3. The largest absolute Gasteiger partial charge is 0.459 e. The van der Waals surface area contributed by atoms with Gasteiger partial charge in [0.15, 0.2) is 5.76 Å². The highest BCUT2D eigenvalue weighted by molar-refractivity contribution is 5.95. The molecular weight excluding hydrogens is 402 g/mol. The SMILES string of the molecule is Cl.O=C(NC(Cc1ccccc1)C(=O)NCCNC1CCCCCC1)c1ccco1. The number of rotatable bonds is 9. The van der Waals surface area contributed by atoms with Crippen molar-refractivity contribution in [1.29, 1.82) is 0 Å². The molecule has 1 aromatic heterocycles. The molecular formula is C23H32ClN3O3. The molecule has 1 aliphatic rings. The van der Waals surface area contributed by atoms with Crippen LogP contribution in [0.4, 0.5) is 0 Å². The molecule has 7 heteroatoms. The summed E-state index contributed by atoms with van der Waals surface area (Å²) in [5, 5.41) is 9.31. The second-order valence-corrected chi connectivity index (χ2v) is 7.63. The van der Waals surface area contributed by atoms with Crippen LogP contribution in [0.1, 0.15) is 54.6 Å². The number of halogens is 1. The van der Waals surface area contributed by atoms with Crippen LogP contribution in [0.15, 0.2) is 53.1 Å². The standard InChI is InChI=1S/C23H31N3O3.ClH/c27-22(25-15-14-24-19-11-6-1-2-7-12-19)20(17-18-9-4-3-5-10-18)26-23(28)21-13-8-16-29-21;/h3-5,8-10,13,16,19-20,24H,1-2,6-7,11-12,14-15,17H2,(H,25,27)(H,26,28);1H. The van der Waals surface area contributed by atoms with Crippen molar-refractivity contribution in [2.45, 2.75) is 57.0 Å². The van der Waals surface area contributed by atoms with E-state index in [0.717, 1.165) is 12.1 Å². The molecule has 0 saturated heterocycles. The van der Waals surface area contributed by atoms with Gasteiger partial charge in [-0.05, 0) is 30.5 Å². The van der Waals surface area contributed by atoms with Gasteiger partial charge in [0.1, 0.15) is 6.04 Å². The first-order valence-electron chi connectivity index (χ1n) is 10.6. The molecule has 1 atom stereocenters. The normalized spacial score (nSPS) is 15.5. The molecule has 1 saturated carbocycles. The lowest BCUT2D eigenvalue weighted by atomic mass is 10.0. The Bertz CT molecular complexity index is 744. The molecule has 0 radical (unpaired) electrons. The summed E-state index contributed by atoms with van der Waals surface area (Å²) in [6.45, 7) is 1.28. The molecule has 1 aliphatic carbocycles. The fourth-order valence-corrected chi connectivity index (χ4v) is 3.76. The molecule has 2 amide bonds. The zero-order valence-electron chi connectivity index (χ0n) is 17.3. The van der Waals surface area contributed by atoms with Gasteiger partial charge in [-0.1, -0.05) is 56.0 Å². The number of amides is 2. The van der Waals surface area contributed by atoms with E-state index >= 15 is 0 Å². The van der Waals surface area contributed by atoms with Gasteiger partial charge in [-0.25, -0.2) is 0 Å². The Labute approximate surface area is 184 Å². The first kappa shape index (κ1) is 24.0. The number of carbonyl (C=O) groups is 2. The first-order valence-corrected chi connectivity index (χ1v) is 10.6. The monoisotopic (exact) mass is 433 g/mol. The lowest BCUT2D eigenvalue weighted by Crippen LogP contribution is -2.49. The van der Waals surface area contributed by atoms with Crippen molar-refractivity contribution in [3.63, 3.8) is 0 Å². The molecule has 1 unspecified atom stereocenters. The van der Waals surface area contributed by atoms with Crippen LogP contribution in [0.5, 0.6) is 0 Å². The van der Waals surface area contributed by atoms with E-state index < -0.39 is 6.04 Å². The highest BCUT2D eigenvalue weighted by atomic mass is 35.5. The van der Waals surface area contributed by atoms with Crippen LogP contribution in [-0.2, 0) is 11.2 Å². The third-order valence-corrected chi connectivity index (χ3v) is 5.36. The summed E-state index contributed by atoms with van der Waals surface area (Å²) in [6, 6.07) is 12.8. The minimum absolute atomic E-state index is 0. The maximum atomic E-state index is 12.8. The molecule has 3 rings (SSSR count). The van der Waals surface area contributed by atoms with Gasteiger partial charge in [-0.2, -0.15) is 0 Å². The molecule has 2 aromatic rings. The Morgan fingerprint density at radius 1 is 0.967 bits per heavy atom. The van der Waals surface area contributed by atoms with E-state index in [-0.39, 0.29) is 30.0 Å². The molecule has 0 spiro atoms. The summed E-state index contributed by atoms with van der Waals surface area (Å²) in [6.07, 6.45) is 9.50. The maximum absolute atomic E-state index is 12.8. The molecule has 1 aromatic carbocycles. The lowest BCUT2D eigenvalue weighted by Gasteiger charge is -2.20. The predicted molar refractivity (Wildman–Crippen MR) is 120 cm³/mol. The summed E-state index contributed by atoms with van der Waals surface area (Å²) in [7, 11) is 0. The molecule has 0 bridgehead atoms. The van der Waals surface area contributed by atoms with Gasteiger partial charge in [0.25, 0.3) is 5.91 Å². The molecule has 164 valence electrons. The Hall–Kier alpha value is -2.31. The maximum Gasteiger partial charge on any atom is 0.287 e. The average molecular weight is 434 g/mol. The van der Waals surface area contributed by atoms with Crippen molar-refractivity contribution in [1.82, 2.24) is 16.0 Å². The molecule has 3 N–H and O–H groups in total. The van der Waals surface area contributed by atoms with Gasteiger partial charge in [0, 0.05) is 25.6 Å². The summed E-state index contributed by atoms with van der Waals surface area (Å²) in [5.74, 6) is -0.370. The summed E-state index contributed by atoms with van der Waals surface area (Å²) in [5.41, 5.74) is 0.990. The van der Waals surface area contributed by atoms with Gasteiger partial charge in [0.2, 0.25) is 5.91 Å². The summed E-state index contributed by atoms with van der Waals surface area (Å²) in [4.78, 5) is 25.2. The van der Waals surface area contributed by atoms with Crippen molar-refractivity contribution in [3.05, 3.63) is 60.1 Å². The predicted octanol–water partition coefficient (Wildman–Crippen LogP) is 3.47. The molecule has 1 fully saturated rings. The fraction of sp³-hybridized carbons (Fsp3) is 0.478. The summed E-state index contributed by atoms with van der Waals surface area (Å²) < 4.78 is 5.15. The number of nitrogens with one attached hydrogen (secondary N) is 3. The van der Waals surface area contributed by atoms with Crippen LogP contribution in [-0.4, -0.2) is 37.0 Å². The van der Waals surface area contributed by atoms with Crippen molar-refractivity contribution in [2.24, 2.45) is 0 Å². The second-order valence-electron chi connectivity index (χ2n) is 7.63.